The number of rotatable bonds is 17. The van der Waals surface area contributed by atoms with Crippen LogP contribution in [0.25, 0.3) is 0 Å². The van der Waals surface area contributed by atoms with Crippen molar-refractivity contribution in [2.45, 2.75) is 116 Å². The molecule has 0 aromatic rings. The van der Waals surface area contributed by atoms with Crippen LogP contribution in [0.2, 0.25) is 0 Å². The molecule has 0 rings (SSSR count). The van der Waals surface area contributed by atoms with Gasteiger partial charge in [0.15, 0.2) is 0 Å². The number of hydrogen-bond acceptors (Lipinski definition) is 2. The van der Waals surface area contributed by atoms with Gasteiger partial charge >= 0.3 is 0 Å². The van der Waals surface area contributed by atoms with Gasteiger partial charge in [-0.1, -0.05) is 84.0 Å². The van der Waals surface area contributed by atoms with Gasteiger partial charge in [0.05, 0.1) is 6.10 Å². The minimum atomic E-state index is -0.132. The standard InChI is InChI=1S/C20H42O2/c1-3-4-5-6-10-13-16-20(18-21)17-14-11-8-7-9-12-15-19(2)22/h19-22H,3-18H2,1-2H3. The van der Waals surface area contributed by atoms with Crippen LogP contribution in [0.1, 0.15) is 110 Å². The molecule has 134 valence electrons. The van der Waals surface area contributed by atoms with Gasteiger partial charge in [0.1, 0.15) is 0 Å². The molecule has 2 nitrogen and oxygen atoms in total. The first kappa shape index (κ1) is 21.9. The fourth-order valence-electron chi connectivity index (χ4n) is 3.12. The highest BCUT2D eigenvalue weighted by molar-refractivity contribution is 4.59. The Morgan fingerprint density at radius 1 is 0.636 bits per heavy atom. The van der Waals surface area contributed by atoms with Gasteiger partial charge in [-0.05, 0) is 32.1 Å². The van der Waals surface area contributed by atoms with Gasteiger partial charge in [-0.25, -0.2) is 0 Å². The van der Waals surface area contributed by atoms with Crippen molar-refractivity contribution in [3.63, 3.8) is 0 Å². The first-order valence-corrected chi connectivity index (χ1v) is 9.99. The van der Waals surface area contributed by atoms with E-state index in [2.05, 4.69) is 6.92 Å². The minimum Gasteiger partial charge on any atom is -0.396 e. The van der Waals surface area contributed by atoms with Crippen LogP contribution in [0.4, 0.5) is 0 Å². The number of unbranched alkanes of at least 4 members (excludes halogenated alkanes) is 10. The second-order valence-corrected chi connectivity index (χ2v) is 7.15. The zero-order valence-corrected chi connectivity index (χ0v) is 15.4. The quantitative estimate of drug-likeness (QED) is 0.331. The highest BCUT2D eigenvalue weighted by Crippen LogP contribution is 2.19. The molecule has 0 aliphatic heterocycles. The highest BCUT2D eigenvalue weighted by atomic mass is 16.3. The third-order valence-corrected chi connectivity index (χ3v) is 4.71. The Morgan fingerprint density at radius 2 is 1.05 bits per heavy atom. The maximum absolute atomic E-state index is 9.47. The lowest BCUT2D eigenvalue weighted by molar-refractivity contribution is 0.180. The summed E-state index contributed by atoms with van der Waals surface area (Å²) >= 11 is 0. The van der Waals surface area contributed by atoms with E-state index in [1.54, 1.807) is 0 Å². The molecule has 2 unspecified atom stereocenters. The summed E-state index contributed by atoms with van der Waals surface area (Å²) in [5.41, 5.74) is 0. The molecular weight excluding hydrogens is 272 g/mol. The largest absolute Gasteiger partial charge is 0.396 e. The zero-order chi connectivity index (χ0) is 16.5. The molecule has 22 heavy (non-hydrogen) atoms. The first-order chi connectivity index (χ1) is 10.7. The van der Waals surface area contributed by atoms with Gasteiger partial charge in [-0.3, -0.25) is 0 Å². The third-order valence-electron chi connectivity index (χ3n) is 4.71. The van der Waals surface area contributed by atoms with Gasteiger partial charge in [0, 0.05) is 6.61 Å². The first-order valence-electron chi connectivity index (χ1n) is 9.99. The molecule has 0 fully saturated rings. The summed E-state index contributed by atoms with van der Waals surface area (Å²) in [6, 6.07) is 0. The zero-order valence-electron chi connectivity index (χ0n) is 15.4. The predicted octanol–water partition coefficient (Wildman–Crippen LogP) is 5.85. The van der Waals surface area contributed by atoms with E-state index in [0.717, 1.165) is 12.8 Å². The number of aliphatic hydroxyl groups excluding tert-OH is 2. The Kier molecular flexibility index (Phi) is 17.2. The topological polar surface area (TPSA) is 40.5 Å². The smallest absolute Gasteiger partial charge is 0.0512 e. The second kappa shape index (κ2) is 17.3. The average molecular weight is 315 g/mol. The molecule has 0 aromatic heterocycles. The van der Waals surface area contributed by atoms with Crippen molar-refractivity contribution >= 4 is 0 Å². The van der Waals surface area contributed by atoms with E-state index in [4.69, 9.17) is 0 Å². The summed E-state index contributed by atoms with van der Waals surface area (Å²) in [4.78, 5) is 0. The lowest BCUT2D eigenvalue weighted by Crippen LogP contribution is -2.06. The van der Waals surface area contributed by atoms with Crippen LogP contribution in [0.5, 0.6) is 0 Å². The van der Waals surface area contributed by atoms with Crippen LogP contribution >= 0.6 is 0 Å². The van der Waals surface area contributed by atoms with Crippen LogP contribution in [-0.4, -0.2) is 22.9 Å². The molecule has 2 atom stereocenters. The van der Waals surface area contributed by atoms with Gasteiger partial charge in [0.25, 0.3) is 0 Å². The lowest BCUT2D eigenvalue weighted by Gasteiger charge is -2.13. The molecule has 2 N–H and O–H groups in total. The molecular formula is C20H42O2. The Bertz CT molecular complexity index is 204. The van der Waals surface area contributed by atoms with Gasteiger partial charge in [0.2, 0.25) is 0 Å². The second-order valence-electron chi connectivity index (χ2n) is 7.15. The Labute approximate surface area is 139 Å². The fourth-order valence-corrected chi connectivity index (χ4v) is 3.12. The average Bonchev–Trinajstić information content (AvgIpc) is 2.50. The molecule has 0 saturated carbocycles. The van der Waals surface area contributed by atoms with Crippen molar-refractivity contribution in [2.24, 2.45) is 5.92 Å². The van der Waals surface area contributed by atoms with Crippen molar-refractivity contribution in [3.8, 4) is 0 Å². The summed E-state index contributed by atoms with van der Waals surface area (Å²) in [6.07, 6.45) is 19.0. The summed E-state index contributed by atoms with van der Waals surface area (Å²) in [7, 11) is 0. The Balaban J connectivity index is 3.31. The molecule has 0 spiro atoms. The monoisotopic (exact) mass is 314 g/mol. The predicted molar refractivity (Wildman–Crippen MR) is 97.2 cm³/mol. The highest BCUT2D eigenvalue weighted by Gasteiger charge is 2.06. The molecule has 0 aromatic carbocycles. The van der Waals surface area contributed by atoms with Crippen LogP contribution in [0, 0.1) is 5.92 Å². The summed E-state index contributed by atoms with van der Waals surface area (Å²) in [5.74, 6) is 0.543. The molecule has 2 heteroatoms. The van der Waals surface area contributed by atoms with Crippen molar-refractivity contribution in [2.75, 3.05) is 6.61 Å². The summed E-state index contributed by atoms with van der Waals surface area (Å²) in [6.45, 7) is 4.51. The molecule has 0 heterocycles. The molecule has 0 bridgehead atoms. The summed E-state index contributed by atoms with van der Waals surface area (Å²) < 4.78 is 0. The molecule has 0 radical (unpaired) electrons. The maximum atomic E-state index is 9.47. The van der Waals surface area contributed by atoms with E-state index in [9.17, 15) is 10.2 Å². The molecule has 0 amide bonds. The maximum Gasteiger partial charge on any atom is 0.0512 e. The number of aliphatic hydroxyl groups is 2. The van der Waals surface area contributed by atoms with E-state index >= 15 is 0 Å². The van der Waals surface area contributed by atoms with Crippen LogP contribution in [0.3, 0.4) is 0 Å². The van der Waals surface area contributed by atoms with Crippen molar-refractivity contribution in [3.05, 3.63) is 0 Å². The van der Waals surface area contributed by atoms with Crippen molar-refractivity contribution in [1.29, 1.82) is 0 Å². The van der Waals surface area contributed by atoms with E-state index < -0.39 is 0 Å². The fraction of sp³-hybridized carbons (Fsp3) is 1.00. The third kappa shape index (κ3) is 16.3. The normalized spacial score (nSPS) is 14.2. The molecule has 0 aliphatic rings. The van der Waals surface area contributed by atoms with E-state index in [1.165, 1.54) is 83.5 Å². The lowest BCUT2D eigenvalue weighted by atomic mass is 9.95. The molecule has 0 aliphatic carbocycles. The SMILES string of the molecule is CCCCCCCCC(CO)CCCCCCCCC(C)O. The van der Waals surface area contributed by atoms with E-state index in [-0.39, 0.29) is 6.10 Å². The molecule has 0 saturated heterocycles. The summed E-state index contributed by atoms with van der Waals surface area (Å²) in [5, 5.41) is 18.7. The van der Waals surface area contributed by atoms with Crippen LogP contribution < -0.4 is 0 Å². The van der Waals surface area contributed by atoms with Crippen LogP contribution in [-0.2, 0) is 0 Å². The van der Waals surface area contributed by atoms with Gasteiger partial charge in [-0.15, -0.1) is 0 Å². The van der Waals surface area contributed by atoms with Crippen LogP contribution in [0.15, 0.2) is 0 Å². The minimum absolute atomic E-state index is 0.132. The van der Waals surface area contributed by atoms with E-state index in [0.29, 0.717) is 12.5 Å². The number of hydrogen-bond donors (Lipinski definition) is 2. The van der Waals surface area contributed by atoms with E-state index in [1.807, 2.05) is 6.92 Å². The van der Waals surface area contributed by atoms with Crippen molar-refractivity contribution < 1.29 is 10.2 Å². The van der Waals surface area contributed by atoms with Gasteiger partial charge in [-0.2, -0.15) is 0 Å². The van der Waals surface area contributed by atoms with Gasteiger partial charge < -0.3 is 10.2 Å². The Morgan fingerprint density at radius 3 is 1.45 bits per heavy atom. The Hall–Kier alpha value is -0.0800. The van der Waals surface area contributed by atoms with Crippen molar-refractivity contribution in [1.82, 2.24) is 0 Å².